The molecule has 0 aliphatic heterocycles. The average Bonchev–Trinajstić information content (AvgIpc) is 3.64. The van der Waals surface area contributed by atoms with Gasteiger partial charge >= 0.3 is 5.97 Å². The van der Waals surface area contributed by atoms with Gasteiger partial charge in [0.25, 0.3) is 0 Å². The smallest absolute Gasteiger partial charge is 0.341 e. The number of halogens is 1. The second kappa shape index (κ2) is 10.5. The van der Waals surface area contributed by atoms with Crippen LogP contribution in [0.2, 0.25) is 0 Å². The van der Waals surface area contributed by atoms with E-state index in [1.54, 1.807) is 54.3 Å². The monoisotopic (exact) mass is 592 g/mol. The van der Waals surface area contributed by atoms with Crippen LogP contribution >= 0.6 is 0 Å². The number of esters is 1. The van der Waals surface area contributed by atoms with Gasteiger partial charge in [0.05, 0.1) is 30.3 Å². The lowest BCUT2D eigenvalue weighted by atomic mass is 9.49. The van der Waals surface area contributed by atoms with Crippen LogP contribution in [-0.2, 0) is 11.3 Å². The van der Waals surface area contributed by atoms with Crippen molar-refractivity contribution in [3.63, 3.8) is 0 Å². The Kier molecular flexibility index (Phi) is 6.42. The van der Waals surface area contributed by atoms with E-state index in [0.29, 0.717) is 39.2 Å². The highest BCUT2D eigenvalue weighted by Crippen LogP contribution is 2.60. The number of aromatic nitrogens is 7. The van der Waals surface area contributed by atoms with Crippen LogP contribution in [0.5, 0.6) is 0 Å². The van der Waals surface area contributed by atoms with Crippen molar-refractivity contribution in [2.75, 3.05) is 11.9 Å². The van der Waals surface area contributed by atoms with Gasteiger partial charge in [0.2, 0.25) is 0 Å². The largest absolute Gasteiger partial charge is 0.462 e. The van der Waals surface area contributed by atoms with Crippen molar-refractivity contribution in [3.05, 3.63) is 72.7 Å². The van der Waals surface area contributed by atoms with Gasteiger partial charge in [-0.3, -0.25) is 9.25 Å². The van der Waals surface area contributed by atoms with Gasteiger partial charge in [-0.15, -0.1) is 10.2 Å². The number of carbonyl (C=O) groups is 1. The van der Waals surface area contributed by atoms with E-state index in [9.17, 15) is 4.79 Å². The molecule has 5 heterocycles. The highest BCUT2D eigenvalue weighted by atomic mass is 19.1. The van der Waals surface area contributed by atoms with E-state index in [2.05, 4.69) is 25.5 Å². The molecule has 1 N–H and O–H groups in total. The quantitative estimate of drug-likeness (QED) is 0.208. The number of anilines is 2. The fourth-order valence-corrected chi connectivity index (χ4v) is 8.43. The second-order valence-corrected chi connectivity index (χ2v) is 12.8. The Morgan fingerprint density at radius 1 is 1.07 bits per heavy atom. The Balaban J connectivity index is 1.12. The second-order valence-electron chi connectivity index (χ2n) is 12.8. The molecule has 4 aliphatic carbocycles. The van der Waals surface area contributed by atoms with Crippen LogP contribution in [0.3, 0.4) is 0 Å². The number of carbonyl (C=O) groups excluding carboxylic acids is 1. The van der Waals surface area contributed by atoms with Gasteiger partial charge in [0.15, 0.2) is 17.3 Å². The van der Waals surface area contributed by atoms with Gasteiger partial charge in [0.1, 0.15) is 11.5 Å². The highest BCUT2D eigenvalue weighted by molar-refractivity contribution is 6.07. The molecule has 4 fully saturated rings. The van der Waals surface area contributed by atoms with E-state index < -0.39 is 11.8 Å². The lowest BCUT2D eigenvalue weighted by Gasteiger charge is -2.56. The van der Waals surface area contributed by atoms with E-state index >= 15 is 4.39 Å². The summed E-state index contributed by atoms with van der Waals surface area (Å²) in [4.78, 5) is 21.8. The van der Waals surface area contributed by atoms with Crippen LogP contribution in [0.25, 0.3) is 28.0 Å². The topological polar surface area (TPSA) is 113 Å². The van der Waals surface area contributed by atoms with Crippen molar-refractivity contribution in [1.82, 2.24) is 34.5 Å². The Labute approximate surface area is 253 Å². The minimum Gasteiger partial charge on any atom is -0.462 e. The molecule has 0 unspecified atom stereocenters. The third-order valence-electron chi connectivity index (χ3n) is 9.68. The summed E-state index contributed by atoms with van der Waals surface area (Å²) in [7, 11) is 0. The molecule has 5 aromatic heterocycles. The zero-order valence-electron chi connectivity index (χ0n) is 24.5. The molecule has 4 aliphatic rings. The summed E-state index contributed by atoms with van der Waals surface area (Å²) >= 11 is 0. The molecule has 9 rings (SSSR count). The molecule has 11 heteroatoms. The summed E-state index contributed by atoms with van der Waals surface area (Å²) in [6.07, 6.45) is 16.7. The van der Waals surface area contributed by atoms with Gasteiger partial charge < -0.3 is 10.1 Å². The molecular weight excluding hydrogens is 559 g/mol. The van der Waals surface area contributed by atoms with Crippen LogP contribution < -0.4 is 5.32 Å². The van der Waals surface area contributed by atoms with Crippen molar-refractivity contribution in [2.24, 2.45) is 23.2 Å². The molecule has 4 bridgehead atoms. The molecule has 224 valence electrons. The third kappa shape index (κ3) is 4.71. The number of ether oxygens (including phenoxy) is 1. The van der Waals surface area contributed by atoms with Crippen LogP contribution in [0.4, 0.5) is 16.0 Å². The molecule has 0 saturated heterocycles. The minimum absolute atomic E-state index is 0.0510. The molecule has 0 spiro atoms. The zero-order chi connectivity index (χ0) is 29.8. The van der Waals surface area contributed by atoms with Crippen molar-refractivity contribution in [3.8, 4) is 16.9 Å². The lowest BCUT2D eigenvalue weighted by molar-refractivity contribution is -0.0635. The first-order valence-corrected chi connectivity index (χ1v) is 15.4. The van der Waals surface area contributed by atoms with E-state index in [1.165, 1.54) is 50.8 Å². The number of nitrogens with one attached hydrogen (secondary N) is 1. The predicted octanol–water partition coefficient (Wildman–Crippen LogP) is 6.35. The van der Waals surface area contributed by atoms with Gasteiger partial charge in [0, 0.05) is 42.2 Å². The number of hydrogen-bond acceptors (Lipinski definition) is 8. The van der Waals surface area contributed by atoms with Gasteiger partial charge in [-0.2, -0.15) is 5.10 Å². The van der Waals surface area contributed by atoms with E-state index in [-0.39, 0.29) is 12.4 Å². The van der Waals surface area contributed by atoms with Crippen LogP contribution in [0, 0.1) is 29.0 Å². The molecule has 0 radical (unpaired) electrons. The van der Waals surface area contributed by atoms with Crippen LogP contribution in [0.15, 0.2) is 61.3 Å². The van der Waals surface area contributed by atoms with Crippen LogP contribution in [-0.4, -0.2) is 47.1 Å². The molecule has 10 nitrogen and oxygen atoms in total. The summed E-state index contributed by atoms with van der Waals surface area (Å²) < 4.78 is 24.3. The Morgan fingerprint density at radius 2 is 1.86 bits per heavy atom. The summed E-state index contributed by atoms with van der Waals surface area (Å²) in [6.45, 7) is 2.88. The standard InChI is InChI=1S/C33H33FN8O2/c1-2-44-32(43)28-25-6-8-42(24-12-26(34)30(36-17-24)38-27-5-3-4-7-35-27)31(25)40-39-29(28)23-16-37-41(18-23)19-33-13-20-9-21(14-33)11-22(10-20)15-33/h3-8,12,16-18,20-22H,2,9-11,13-15,19H2,1H3,(H,35,36,38). The van der Waals surface area contributed by atoms with Crippen molar-refractivity contribution in [2.45, 2.75) is 52.0 Å². The number of nitrogens with zero attached hydrogens (tertiary/aromatic N) is 7. The summed E-state index contributed by atoms with van der Waals surface area (Å²) in [6, 6.07) is 8.44. The first-order chi connectivity index (χ1) is 21.5. The number of fused-ring (bicyclic) bond motifs is 1. The Morgan fingerprint density at radius 3 is 2.57 bits per heavy atom. The first-order valence-electron chi connectivity index (χ1n) is 15.4. The summed E-state index contributed by atoms with van der Waals surface area (Å²) in [5, 5.41) is 17.2. The van der Waals surface area contributed by atoms with Crippen LogP contribution in [0.1, 0.15) is 55.8 Å². The summed E-state index contributed by atoms with van der Waals surface area (Å²) in [5.41, 5.74) is 2.60. The number of pyridine rings is 2. The molecule has 0 amide bonds. The first kappa shape index (κ1) is 26.9. The predicted molar refractivity (Wildman–Crippen MR) is 162 cm³/mol. The summed E-state index contributed by atoms with van der Waals surface area (Å²) in [5.74, 6) is 2.07. The van der Waals surface area contributed by atoms with Crippen molar-refractivity contribution >= 4 is 28.6 Å². The zero-order valence-corrected chi connectivity index (χ0v) is 24.5. The maximum Gasteiger partial charge on any atom is 0.341 e. The molecule has 4 saturated carbocycles. The van der Waals surface area contributed by atoms with Gasteiger partial charge in [-0.1, -0.05) is 6.07 Å². The average molecular weight is 593 g/mol. The normalized spacial score (nSPS) is 23.7. The maximum atomic E-state index is 15.1. The van der Waals surface area contributed by atoms with Crippen molar-refractivity contribution in [1.29, 1.82) is 0 Å². The minimum atomic E-state index is -0.559. The molecule has 0 aromatic carbocycles. The van der Waals surface area contributed by atoms with E-state index in [4.69, 9.17) is 9.84 Å². The number of hydrogen-bond donors (Lipinski definition) is 1. The fourth-order valence-electron chi connectivity index (χ4n) is 8.43. The Bertz CT molecular complexity index is 1830. The lowest BCUT2D eigenvalue weighted by Crippen LogP contribution is -2.47. The third-order valence-corrected chi connectivity index (χ3v) is 9.68. The molecule has 0 atom stereocenters. The van der Waals surface area contributed by atoms with E-state index in [1.807, 2.05) is 10.9 Å². The van der Waals surface area contributed by atoms with Gasteiger partial charge in [-0.25, -0.2) is 19.2 Å². The highest BCUT2D eigenvalue weighted by Gasteiger charge is 2.51. The molecule has 5 aromatic rings. The molecular formula is C33H33FN8O2. The molecule has 44 heavy (non-hydrogen) atoms. The number of rotatable bonds is 8. The SMILES string of the molecule is CCOC(=O)c1c(-c2cnn(CC34CC5CC(CC(C5)C3)C4)c2)nnc2c1ccn2-c1cnc(Nc2ccccn2)c(F)c1. The fraction of sp³-hybridized carbons (Fsp3) is 0.394. The Hall–Kier alpha value is -4.67. The maximum absolute atomic E-state index is 15.1. The van der Waals surface area contributed by atoms with Crippen molar-refractivity contribution < 1.29 is 13.9 Å². The van der Waals surface area contributed by atoms with E-state index in [0.717, 1.165) is 29.9 Å². The van der Waals surface area contributed by atoms with Gasteiger partial charge in [-0.05, 0) is 86.8 Å².